The minimum absolute atomic E-state index is 0.0874. The number of nitriles is 1. The lowest BCUT2D eigenvalue weighted by molar-refractivity contribution is 0.486. The Bertz CT molecular complexity index is 860. The van der Waals surface area contributed by atoms with E-state index in [1.807, 2.05) is 37.1 Å². The second-order valence-corrected chi connectivity index (χ2v) is 5.28. The second kappa shape index (κ2) is 5.41. The Hall–Kier alpha value is -3.00. The van der Waals surface area contributed by atoms with Crippen molar-refractivity contribution in [3.63, 3.8) is 0 Å². The van der Waals surface area contributed by atoms with Gasteiger partial charge in [-0.25, -0.2) is 4.68 Å². The van der Waals surface area contributed by atoms with E-state index in [-0.39, 0.29) is 5.56 Å². The number of aromatic amines is 1. The summed E-state index contributed by atoms with van der Waals surface area (Å²) in [7, 11) is 1.94. The van der Waals surface area contributed by atoms with Crippen molar-refractivity contribution in [2.75, 3.05) is 13.6 Å². The molecule has 1 aliphatic rings. The number of nitrogens with one attached hydrogen (secondary N) is 1. The molecule has 0 aliphatic carbocycles. The molecule has 1 aliphatic heterocycles. The van der Waals surface area contributed by atoms with Crippen LogP contribution in [0.5, 0.6) is 0 Å². The van der Waals surface area contributed by atoms with Crippen LogP contribution in [0.4, 0.5) is 0 Å². The number of aryl methyl sites for hydroxylation is 1. The topological polar surface area (TPSA) is 64.8 Å². The third-order valence-corrected chi connectivity index (χ3v) is 3.75. The summed E-state index contributed by atoms with van der Waals surface area (Å²) in [6.07, 6.45) is 5.88. The summed E-state index contributed by atoms with van der Waals surface area (Å²) >= 11 is 0. The summed E-state index contributed by atoms with van der Waals surface area (Å²) in [6.45, 7) is 2.65. The molecule has 1 aromatic heterocycles. The van der Waals surface area contributed by atoms with E-state index < -0.39 is 0 Å². The first kappa shape index (κ1) is 14.0. The van der Waals surface area contributed by atoms with Crippen LogP contribution in [0.15, 0.2) is 47.3 Å². The largest absolute Gasteiger partial charge is 0.356 e. The maximum atomic E-state index is 12.8. The summed E-state index contributed by atoms with van der Waals surface area (Å²) in [5.74, 6) is 0.815. The molecular formula is C17H16N4O. The third kappa shape index (κ3) is 2.25. The van der Waals surface area contributed by atoms with Gasteiger partial charge < -0.3 is 4.90 Å². The zero-order valence-electron chi connectivity index (χ0n) is 12.5. The molecule has 0 saturated carbocycles. The van der Waals surface area contributed by atoms with Crippen LogP contribution < -0.4 is 5.56 Å². The molecule has 0 unspecified atom stereocenters. The number of H-pyrrole nitrogens is 1. The Morgan fingerprint density at radius 3 is 2.64 bits per heavy atom. The van der Waals surface area contributed by atoms with Gasteiger partial charge >= 0.3 is 0 Å². The summed E-state index contributed by atoms with van der Waals surface area (Å²) < 4.78 is 1.56. The average Bonchev–Trinajstić information content (AvgIpc) is 2.83. The number of allylic oxidation sites excluding steroid dienone is 2. The van der Waals surface area contributed by atoms with Crippen molar-refractivity contribution in [1.29, 1.82) is 5.26 Å². The molecule has 5 nitrogen and oxygen atoms in total. The fourth-order valence-electron chi connectivity index (χ4n) is 2.60. The van der Waals surface area contributed by atoms with Gasteiger partial charge in [-0.1, -0.05) is 24.3 Å². The van der Waals surface area contributed by atoms with Gasteiger partial charge in [-0.3, -0.25) is 9.89 Å². The summed E-state index contributed by atoms with van der Waals surface area (Å²) in [5.41, 5.74) is 2.74. The lowest BCUT2D eigenvalue weighted by Gasteiger charge is -2.23. The monoisotopic (exact) mass is 292 g/mol. The van der Waals surface area contributed by atoms with Crippen molar-refractivity contribution >= 4 is 5.82 Å². The predicted molar refractivity (Wildman–Crippen MR) is 86.0 cm³/mol. The molecule has 3 rings (SSSR count). The molecule has 0 saturated heterocycles. The average molecular weight is 292 g/mol. The molecule has 0 bridgehead atoms. The third-order valence-electron chi connectivity index (χ3n) is 3.75. The minimum atomic E-state index is -0.0874. The fourth-order valence-corrected chi connectivity index (χ4v) is 2.60. The Morgan fingerprint density at radius 2 is 2.00 bits per heavy atom. The van der Waals surface area contributed by atoms with Crippen LogP contribution in [0.2, 0.25) is 0 Å². The van der Waals surface area contributed by atoms with E-state index in [1.54, 1.807) is 28.9 Å². The highest BCUT2D eigenvalue weighted by Gasteiger charge is 2.18. The zero-order valence-corrected chi connectivity index (χ0v) is 12.5. The first-order valence-electron chi connectivity index (χ1n) is 7.02. The Balaban J connectivity index is 2.11. The molecule has 0 radical (unpaired) electrons. The standard InChI is InChI=1S/C17H16N4O/c1-12-16(14-8-6-13(11-18)7-9-14)17(22)21(19-12)15-5-3-4-10-20(15)2/h3-9,19H,10H2,1-2H3. The second-order valence-electron chi connectivity index (χ2n) is 5.28. The van der Waals surface area contributed by atoms with Crippen LogP contribution in [0.1, 0.15) is 11.3 Å². The van der Waals surface area contributed by atoms with Gasteiger partial charge in [-0.15, -0.1) is 0 Å². The highest BCUT2D eigenvalue weighted by molar-refractivity contribution is 5.67. The van der Waals surface area contributed by atoms with Gasteiger partial charge in [-0.2, -0.15) is 5.26 Å². The summed E-state index contributed by atoms with van der Waals surface area (Å²) in [5, 5.41) is 12.0. The minimum Gasteiger partial charge on any atom is -0.356 e. The van der Waals surface area contributed by atoms with Crippen LogP contribution in [0.3, 0.4) is 0 Å². The normalized spacial score (nSPS) is 13.9. The van der Waals surface area contributed by atoms with E-state index in [4.69, 9.17) is 5.26 Å². The molecule has 2 heterocycles. The number of hydrogen-bond acceptors (Lipinski definition) is 3. The molecule has 0 amide bonds. The molecule has 22 heavy (non-hydrogen) atoms. The van der Waals surface area contributed by atoms with Gasteiger partial charge in [0.1, 0.15) is 5.82 Å². The van der Waals surface area contributed by atoms with E-state index in [0.717, 1.165) is 23.6 Å². The van der Waals surface area contributed by atoms with E-state index in [2.05, 4.69) is 11.2 Å². The first-order chi connectivity index (χ1) is 10.6. The molecule has 2 aromatic rings. The van der Waals surface area contributed by atoms with Crippen LogP contribution in [0.25, 0.3) is 16.9 Å². The molecule has 5 heteroatoms. The number of likely N-dealkylation sites (N-methyl/N-ethyl adjacent to an activating group) is 1. The van der Waals surface area contributed by atoms with Gasteiger partial charge in [0.25, 0.3) is 5.56 Å². The van der Waals surface area contributed by atoms with Gasteiger partial charge in [-0.05, 0) is 30.7 Å². The van der Waals surface area contributed by atoms with Crippen molar-refractivity contribution in [3.05, 3.63) is 64.1 Å². The number of hydrogen-bond donors (Lipinski definition) is 1. The van der Waals surface area contributed by atoms with Gasteiger partial charge in [0.05, 0.1) is 17.2 Å². The number of benzene rings is 1. The Morgan fingerprint density at radius 1 is 1.27 bits per heavy atom. The van der Waals surface area contributed by atoms with Gasteiger partial charge in [0, 0.05) is 19.3 Å². The Labute approximate surface area is 128 Å². The highest BCUT2D eigenvalue weighted by Crippen LogP contribution is 2.21. The van der Waals surface area contributed by atoms with Crippen molar-refractivity contribution < 1.29 is 0 Å². The van der Waals surface area contributed by atoms with E-state index in [9.17, 15) is 4.79 Å². The van der Waals surface area contributed by atoms with Crippen molar-refractivity contribution in [1.82, 2.24) is 14.7 Å². The van der Waals surface area contributed by atoms with E-state index in [0.29, 0.717) is 11.1 Å². The highest BCUT2D eigenvalue weighted by atomic mass is 16.1. The first-order valence-corrected chi connectivity index (χ1v) is 7.02. The number of nitrogens with zero attached hydrogens (tertiary/aromatic N) is 3. The maximum absolute atomic E-state index is 12.8. The number of rotatable bonds is 2. The lowest BCUT2D eigenvalue weighted by Crippen LogP contribution is -2.29. The zero-order chi connectivity index (χ0) is 15.7. The quantitative estimate of drug-likeness (QED) is 0.924. The molecule has 0 spiro atoms. The molecule has 1 aromatic carbocycles. The van der Waals surface area contributed by atoms with Gasteiger partial charge in [0.2, 0.25) is 0 Å². The molecule has 1 N–H and O–H groups in total. The molecule has 110 valence electrons. The smallest absolute Gasteiger partial charge is 0.280 e. The predicted octanol–water partition coefficient (Wildman–Crippen LogP) is 2.32. The van der Waals surface area contributed by atoms with Crippen molar-refractivity contribution in [3.8, 4) is 17.2 Å². The number of aromatic nitrogens is 2. The SMILES string of the molecule is Cc1[nH]n(C2=CC=CCN2C)c(=O)c1-c1ccc(C#N)cc1. The summed E-state index contributed by atoms with van der Waals surface area (Å²) in [4.78, 5) is 14.8. The van der Waals surface area contributed by atoms with Gasteiger partial charge in [0.15, 0.2) is 0 Å². The fraction of sp³-hybridized carbons (Fsp3) is 0.176. The molecular weight excluding hydrogens is 276 g/mol. The van der Waals surface area contributed by atoms with Crippen molar-refractivity contribution in [2.24, 2.45) is 0 Å². The lowest BCUT2D eigenvalue weighted by atomic mass is 10.1. The van der Waals surface area contributed by atoms with Crippen LogP contribution in [-0.4, -0.2) is 28.3 Å². The van der Waals surface area contributed by atoms with Crippen molar-refractivity contribution in [2.45, 2.75) is 6.92 Å². The maximum Gasteiger partial charge on any atom is 0.280 e. The van der Waals surface area contributed by atoms with Crippen LogP contribution >= 0.6 is 0 Å². The molecule has 0 atom stereocenters. The molecule has 0 fully saturated rings. The summed E-state index contributed by atoms with van der Waals surface area (Å²) in [6, 6.07) is 9.14. The van der Waals surface area contributed by atoms with Crippen LogP contribution in [-0.2, 0) is 0 Å². The Kier molecular flexibility index (Phi) is 3.43. The van der Waals surface area contributed by atoms with E-state index >= 15 is 0 Å². The van der Waals surface area contributed by atoms with E-state index in [1.165, 1.54) is 0 Å². The van der Waals surface area contributed by atoms with Crippen LogP contribution in [0, 0.1) is 18.3 Å².